The van der Waals surface area contributed by atoms with Crippen LogP contribution in [0.3, 0.4) is 0 Å². The van der Waals surface area contributed by atoms with Gasteiger partial charge in [-0.3, -0.25) is 0 Å². The van der Waals surface area contributed by atoms with Gasteiger partial charge in [0.15, 0.2) is 0 Å². The lowest BCUT2D eigenvalue weighted by molar-refractivity contribution is 0.104. The fourth-order valence-electron chi connectivity index (χ4n) is 2.21. The van der Waals surface area contributed by atoms with E-state index in [0.29, 0.717) is 11.9 Å². The van der Waals surface area contributed by atoms with Gasteiger partial charge in [-0.15, -0.1) is 0 Å². The van der Waals surface area contributed by atoms with Gasteiger partial charge < -0.3 is 15.2 Å². The summed E-state index contributed by atoms with van der Waals surface area (Å²) in [6, 6.07) is 5.70. The molecule has 2 rings (SSSR count). The predicted molar refractivity (Wildman–Crippen MR) is 68.1 cm³/mol. The number of rotatable bonds is 5. The highest BCUT2D eigenvalue weighted by molar-refractivity contribution is 5.35. The summed E-state index contributed by atoms with van der Waals surface area (Å²) in [7, 11) is 0. The van der Waals surface area contributed by atoms with E-state index in [2.05, 4.69) is 5.32 Å². The van der Waals surface area contributed by atoms with Crippen molar-refractivity contribution in [3.63, 3.8) is 0 Å². The maximum Gasteiger partial charge on any atom is 0.120 e. The van der Waals surface area contributed by atoms with E-state index in [-0.39, 0.29) is 0 Å². The molecule has 94 valence electrons. The van der Waals surface area contributed by atoms with Gasteiger partial charge in [-0.1, -0.05) is 17.7 Å². The zero-order chi connectivity index (χ0) is 12.1. The van der Waals surface area contributed by atoms with E-state index >= 15 is 0 Å². The molecule has 17 heavy (non-hydrogen) atoms. The van der Waals surface area contributed by atoms with Crippen LogP contribution in [-0.4, -0.2) is 24.4 Å². The first-order valence-corrected chi connectivity index (χ1v) is 6.36. The topological polar surface area (TPSA) is 41.5 Å². The Bertz CT molecular complexity index is 359. The van der Waals surface area contributed by atoms with Crippen molar-refractivity contribution < 1.29 is 9.84 Å². The molecular weight excluding hydrogens is 214 g/mol. The predicted octanol–water partition coefficient (Wildman–Crippen LogP) is 2.36. The molecule has 3 heteroatoms. The highest BCUT2D eigenvalue weighted by Crippen LogP contribution is 2.18. The van der Waals surface area contributed by atoms with Crippen LogP contribution in [0.2, 0.25) is 0 Å². The van der Waals surface area contributed by atoms with Gasteiger partial charge in [0.25, 0.3) is 0 Å². The smallest absolute Gasteiger partial charge is 0.120 e. The van der Waals surface area contributed by atoms with Crippen LogP contribution >= 0.6 is 0 Å². The Morgan fingerprint density at radius 2 is 2.35 bits per heavy atom. The summed E-state index contributed by atoms with van der Waals surface area (Å²) in [6.45, 7) is 4.62. The third-order valence-electron chi connectivity index (χ3n) is 3.22. The normalized spacial score (nSPS) is 19.7. The minimum Gasteiger partial charge on any atom is -0.508 e. The van der Waals surface area contributed by atoms with E-state index in [1.165, 1.54) is 18.4 Å². The van der Waals surface area contributed by atoms with Crippen LogP contribution in [0.4, 0.5) is 0 Å². The zero-order valence-corrected chi connectivity index (χ0v) is 10.4. The SMILES string of the molecule is Cc1ccc(O)c(CNCCC2CCCO2)c1. The van der Waals surface area contributed by atoms with Crippen LogP contribution in [0, 0.1) is 6.92 Å². The molecule has 3 nitrogen and oxygen atoms in total. The number of nitrogens with one attached hydrogen (secondary N) is 1. The fraction of sp³-hybridized carbons (Fsp3) is 0.571. The Kier molecular flexibility index (Phi) is 4.40. The Hall–Kier alpha value is -1.06. The molecule has 0 amide bonds. The largest absolute Gasteiger partial charge is 0.508 e. The second-order valence-corrected chi connectivity index (χ2v) is 4.73. The molecule has 1 fully saturated rings. The van der Waals surface area contributed by atoms with Crippen LogP contribution < -0.4 is 5.32 Å². The zero-order valence-electron chi connectivity index (χ0n) is 10.4. The highest BCUT2D eigenvalue weighted by Gasteiger charge is 2.14. The third kappa shape index (κ3) is 3.72. The van der Waals surface area contributed by atoms with Crippen molar-refractivity contribution in [2.45, 2.75) is 38.8 Å². The van der Waals surface area contributed by atoms with Crippen LogP contribution in [0.1, 0.15) is 30.4 Å². The van der Waals surface area contributed by atoms with Gasteiger partial charge in [-0.25, -0.2) is 0 Å². The number of ether oxygens (including phenoxy) is 1. The van der Waals surface area contributed by atoms with Crippen LogP contribution in [0.15, 0.2) is 18.2 Å². The molecule has 0 saturated carbocycles. The van der Waals surface area contributed by atoms with Gasteiger partial charge >= 0.3 is 0 Å². The van der Waals surface area contributed by atoms with Crippen LogP contribution in [0.25, 0.3) is 0 Å². The number of phenolic OH excluding ortho intramolecular Hbond substituents is 1. The van der Waals surface area contributed by atoms with Crippen LogP contribution in [-0.2, 0) is 11.3 Å². The van der Waals surface area contributed by atoms with Gasteiger partial charge in [0.1, 0.15) is 5.75 Å². The summed E-state index contributed by atoms with van der Waals surface area (Å²) >= 11 is 0. The molecule has 0 bridgehead atoms. The number of phenols is 1. The summed E-state index contributed by atoms with van der Waals surface area (Å²) in [4.78, 5) is 0. The number of aryl methyl sites for hydroxylation is 1. The summed E-state index contributed by atoms with van der Waals surface area (Å²) in [5.41, 5.74) is 2.15. The Labute approximate surface area is 103 Å². The average molecular weight is 235 g/mol. The first-order valence-electron chi connectivity index (χ1n) is 6.36. The van der Waals surface area contributed by atoms with Gasteiger partial charge in [-0.2, -0.15) is 0 Å². The molecule has 1 aliphatic heterocycles. The Morgan fingerprint density at radius 1 is 1.47 bits per heavy atom. The summed E-state index contributed by atoms with van der Waals surface area (Å²) in [5, 5.41) is 13.0. The standard InChI is InChI=1S/C14H21NO2/c1-11-4-5-14(16)12(9-11)10-15-7-6-13-3-2-8-17-13/h4-5,9,13,15-16H,2-3,6-8,10H2,1H3. The molecule has 1 saturated heterocycles. The number of aromatic hydroxyl groups is 1. The average Bonchev–Trinajstić information content (AvgIpc) is 2.82. The minimum absolute atomic E-state index is 0.375. The number of hydrogen-bond acceptors (Lipinski definition) is 3. The lowest BCUT2D eigenvalue weighted by Gasteiger charge is -2.11. The second-order valence-electron chi connectivity index (χ2n) is 4.73. The fourth-order valence-corrected chi connectivity index (χ4v) is 2.21. The molecule has 2 N–H and O–H groups in total. The van der Waals surface area contributed by atoms with Crippen molar-refractivity contribution in [1.82, 2.24) is 5.32 Å². The van der Waals surface area contributed by atoms with E-state index in [9.17, 15) is 5.11 Å². The van der Waals surface area contributed by atoms with Crippen LogP contribution in [0.5, 0.6) is 5.75 Å². The van der Waals surface area contributed by atoms with Gasteiger partial charge in [-0.05, 0) is 38.8 Å². The van der Waals surface area contributed by atoms with E-state index in [4.69, 9.17) is 4.74 Å². The molecule has 0 spiro atoms. The molecule has 1 aromatic carbocycles. The molecule has 1 aliphatic rings. The first kappa shape index (κ1) is 12.4. The summed E-state index contributed by atoms with van der Waals surface area (Å²) < 4.78 is 5.56. The molecule has 1 unspecified atom stereocenters. The van der Waals surface area contributed by atoms with E-state index in [1.54, 1.807) is 6.07 Å². The van der Waals surface area contributed by atoms with Crippen molar-refractivity contribution in [3.8, 4) is 5.75 Å². The van der Waals surface area contributed by atoms with E-state index in [0.717, 1.165) is 31.7 Å². The Balaban J connectivity index is 1.72. The lowest BCUT2D eigenvalue weighted by Crippen LogP contribution is -2.19. The quantitative estimate of drug-likeness (QED) is 0.770. The second kappa shape index (κ2) is 6.03. The van der Waals surface area contributed by atoms with Crippen molar-refractivity contribution in [2.75, 3.05) is 13.2 Å². The molecule has 0 radical (unpaired) electrons. The molecule has 1 atom stereocenters. The van der Waals surface area contributed by atoms with Crippen molar-refractivity contribution in [1.29, 1.82) is 0 Å². The first-order chi connectivity index (χ1) is 8.25. The molecule has 1 heterocycles. The summed E-state index contributed by atoms with van der Waals surface area (Å²) in [5.74, 6) is 0.375. The minimum atomic E-state index is 0.375. The lowest BCUT2D eigenvalue weighted by atomic mass is 10.1. The van der Waals surface area contributed by atoms with Crippen molar-refractivity contribution >= 4 is 0 Å². The molecule has 1 aromatic rings. The molecular formula is C14H21NO2. The van der Waals surface area contributed by atoms with E-state index < -0.39 is 0 Å². The van der Waals surface area contributed by atoms with Gasteiger partial charge in [0, 0.05) is 18.7 Å². The monoisotopic (exact) mass is 235 g/mol. The Morgan fingerprint density at radius 3 is 3.12 bits per heavy atom. The van der Waals surface area contributed by atoms with Gasteiger partial charge in [0.05, 0.1) is 6.10 Å². The number of hydrogen-bond donors (Lipinski definition) is 2. The highest BCUT2D eigenvalue weighted by atomic mass is 16.5. The maximum absolute atomic E-state index is 9.68. The third-order valence-corrected chi connectivity index (χ3v) is 3.22. The molecule has 0 aliphatic carbocycles. The maximum atomic E-state index is 9.68. The van der Waals surface area contributed by atoms with E-state index in [1.807, 2.05) is 19.1 Å². The summed E-state index contributed by atoms with van der Waals surface area (Å²) in [6.07, 6.45) is 3.89. The molecule has 0 aromatic heterocycles. The van der Waals surface area contributed by atoms with Gasteiger partial charge in [0.2, 0.25) is 0 Å². The van der Waals surface area contributed by atoms with Crippen molar-refractivity contribution in [3.05, 3.63) is 29.3 Å². The van der Waals surface area contributed by atoms with Crippen molar-refractivity contribution in [2.24, 2.45) is 0 Å². The number of benzene rings is 1.